The van der Waals surface area contributed by atoms with Crippen molar-refractivity contribution in [2.75, 3.05) is 19.0 Å². The fourth-order valence-electron chi connectivity index (χ4n) is 3.27. The van der Waals surface area contributed by atoms with Crippen LogP contribution in [0.5, 0.6) is 0 Å². The fourth-order valence-corrected chi connectivity index (χ4v) is 3.27. The summed E-state index contributed by atoms with van der Waals surface area (Å²) in [5, 5.41) is 12.0. The number of ether oxygens (including phenoxy) is 1. The Morgan fingerprint density at radius 3 is 2.45 bits per heavy atom. The second-order valence-electron chi connectivity index (χ2n) is 6.82. The molecule has 1 amide bonds. The van der Waals surface area contributed by atoms with Crippen molar-refractivity contribution in [3.05, 3.63) is 81.8 Å². The van der Waals surface area contributed by atoms with E-state index in [1.54, 1.807) is 37.3 Å². The number of carbonyl (C=O) groups excluding carboxylic acids is 2. The van der Waals surface area contributed by atoms with Gasteiger partial charge in [0.2, 0.25) is 5.91 Å². The fraction of sp³-hybridized carbons (Fsp3) is 0.217. The van der Waals surface area contributed by atoms with Crippen molar-refractivity contribution in [1.29, 1.82) is 0 Å². The van der Waals surface area contributed by atoms with Gasteiger partial charge in [-0.25, -0.2) is 9.78 Å². The zero-order valence-electron chi connectivity index (χ0n) is 17.3. The number of rotatable bonds is 7. The monoisotopic (exact) mass is 421 g/mol. The summed E-state index contributed by atoms with van der Waals surface area (Å²) < 4.78 is 6.03. The Bertz CT molecular complexity index is 1160. The van der Waals surface area contributed by atoms with Crippen molar-refractivity contribution < 1.29 is 19.4 Å². The number of nitrogens with one attached hydrogen (secondary N) is 1. The summed E-state index contributed by atoms with van der Waals surface area (Å²) in [4.78, 5) is 42.5. The van der Waals surface area contributed by atoms with E-state index in [0.717, 1.165) is 0 Å². The average molecular weight is 421 g/mol. The molecule has 8 heteroatoms. The molecular formula is C23H23N3O5. The lowest BCUT2D eigenvalue weighted by Crippen LogP contribution is -2.33. The minimum atomic E-state index is -0.583. The Morgan fingerprint density at radius 2 is 1.77 bits per heavy atom. The van der Waals surface area contributed by atoms with Crippen LogP contribution in [0.1, 0.15) is 21.6 Å². The van der Waals surface area contributed by atoms with E-state index in [1.807, 2.05) is 18.2 Å². The van der Waals surface area contributed by atoms with Crippen LogP contribution < -0.4 is 10.9 Å². The molecule has 8 nitrogen and oxygen atoms in total. The minimum Gasteiger partial charge on any atom is -0.465 e. The largest absolute Gasteiger partial charge is 0.465 e. The number of carbonyl (C=O) groups is 2. The molecule has 0 radical (unpaired) electrons. The van der Waals surface area contributed by atoms with Crippen LogP contribution in [0.2, 0.25) is 0 Å². The predicted octanol–water partition coefficient (Wildman–Crippen LogP) is 2.18. The molecule has 0 saturated heterocycles. The van der Waals surface area contributed by atoms with E-state index in [9.17, 15) is 19.5 Å². The highest BCUT2D eigenvalue weighted by Gasteiger charge is 2.19. The van der Waals surface area contributed by atoms with Gasteiger partial charge >= 0.3 is 5.97 Å². The second-order valence-corrected chi connectivity index (χ2v) is 6.82. The van der Waals surface area contributed by atoms with E-state index in [0.29, 0.717) is 22.6 Å². The number of benzene rings is 2. The molecular weight excluding hydrogens is 398 g/mol. The molecule has 31 heavy (non-hydrogen) atoms. The molecule has 2 N–H and O–H groups in total. The summed E-state index contributed by atoms with van der Waals surface area (Å²) in [6.45, 7) is 1.18. The molecule has 1 aromatic heterocycles. The van der Waals surface area contributed by atoms with Gasteiger partial charge in [-0.05, 0) is 19.1 Å². The third-order valence-electron chi connectivity index (χ3n) is 4.77. The maximum atomic E-state index is 13.1. The Hall–Kier alpha value is -3.78. The topological polar surface area (TPSA) is 111 Å². The number of para-hydroxylation sites is 1. The van der Waals surface area contributed by atoms with Gasteiger partial charge in [-0.1, -0.05) is 42.5 Å². The number of nitrogens with zero attached hydrogens (tertiary/aromatic N) is 2. The van der Waals surface area contributed by atoms with E-state index in [-0.39, 0.29) is 30.8 Å². The normalized spacial score (nSPS) is 10.5. The van der Waals surface area contributed by atoms with Crippen LogP contribution in [0.25, 0.3) is 11.4 Å². The maximum absolute atomic E-state index is 13.1. The molecule has 0 aliphatic carbocycles. The van der Waals surface area contributed by atoms with Crippen molar-refractivity contribution in [2.24, 2.45) is 0 Å². The minimum absolute atomic E-state index is 0.138. The molecule has 0 unspecified atom stereocenters. The Morgan fingerprint density at radius 1 is 1.10 bits per heavy atom. The van der Waals surface area contributed by atoms with Crippen molar-refractivity contribution in [1.82, 2.24) is 9.55 Å². The van der Waals surface area contributed by atoms with Gasteiger partial charge in [0.15, 0.2) is 0 Å². The van der Waals surface area contributed by atoms with E-state index in [4.69, 9.17) is 4.74 Å². The molecule has 2 aromatic carbocycles. The summed E-state index contributed by atoms with van der Waals surface area (Å²) in [5.74, 6) is -0.738. The highest BCUT2D eigenvalue weighted by molar-refractivity contribution is 6.01. The molecule has 0 aliphatic rings. The number of hydrogen-bond acceptors (Lipinski definition) is 6. The van der Waals surface area contributed by atoms with Gasteiger partial charge in [0.1, 0.15) is 12.4 Å². The zero-order chi connectivity index (χ0) is 22.4. The lowest BCUT2D eigenvalue weighted by Gasteiger charge is -2.16. The Kier molecular flexibility index (Phi) is 6.94. The van der Waals surface area contributed by atoms with E-state index < -0.39 is 17.4 Å². The quantitative estimate of drug-likeness (QED) is 0.566. The molecule has 1 heterocycles. The van der Waals surface area contributed by atoms with Gasteiger partial charge in [-0.3, -0.25) is 14.2 Å². The van der Waals surface area contributed by atoms with Gasteiger partial charge in [0.25, 0.3) is 5.56 Å². The van der Waals surface area contributed by atoms with Gasteiger partial charge < -0.3 is 15.2 Å². The number of anilines is 1. The number of aryl methyl sites for hydroxylation is 1. The summed E-state index contributed by atoms with van der Waals surface area (Å²) >= 11 is 0. The second kappa shape index (κ2) is 9.82. The standard InChI is InChI=1S/C23H23N3O5/c1-15-17(12-13-27)22(29)26(21(24-15)16-8-4-3-5-9-16)14-20(28)25-19-11-7-6-10-18(19)23(30)31-2/h3-11,27H,12-14H2,1-2H3,(H,25,28). The third kappa shape index (κ3) is 4.87. The first-order valence-electron chi connectivity index (χ1n) is 9.70. The molecule has 0 saturated carbocycles. The van der Waals surface area contributed by atoms with E-state index in [2.05, 4.69) is 10.3 Å². The van der Waals surface area contributed by atoms with E-state index >= 15 is 0 Å². The van der Waals surface area contributed by atoms with E-state index in [1.165, 1.54) is 17.7 Å². The van der Waals surface area contributed by atoms with Gasteiger partial charge in [-0.2, -0.15) is 0 Å². The highest BCUT2D eigenvalue weighted by Crippen LogP contribution is 2.19. The van der Waals surface area contributed by atoms with Gasteiger partial charge in [-0.15, -0.1) is 0 Å². The molecule has 160 valence electrons. The predicted molar refractivity (Wildman–Crippen MR) is 116 cm³/mol. The molecule has 3 aromatic rings. The third-order valence-corrected chi connectivity index (χ3v) is 4.77. The Labute approximate surface area is 179 Å². The number of amides is 1. The summed E-state index contributed by atoms with van der Waals surface area (Å²) in [6, 6.07) is 15.5. The van der Waals surface area contributed by atoms with Gasteiger partial charge in [0.05, 0.1) is 18.4 Å². The van der Waals surface area contributed by atoms with Crippen LogP contribution in [-0.2, 0) is 22.5 Å². The van der Waals surface area contributed by atoms with Crippen LogP contribution in [0.15, 0.2) is 59.4 Å². The molecule has 0 aliphatic heterocycles. The number of esters is 1. The van der Waals surface area contributed by atoms with Crippen LogP contribution in [0.4, 0.5) is 5.69 Å². The maximum Gasteiger partial charge on any atom is 0.339 e. The smallest absolute Gasteiger partial charge is 0.339 e. The Balaban J connectivity index is 2.01. The molecule has 0 bridgehead atoms. The first-order chi connectivity index (χ1) is 15.0. The number of methoxy groups -OCH3 is 1. The SMILES string of the molecule is COC(=O)c1ccccc1NC(=O)Cn1c(-c2ccccc2)nc(C)c(CCO)c1=O. The van der Waals surface area contributed by atoms with Crippen LogP contribution >= 0.6 is 0 Å². The number of aliphatic hydroxyl groups is 1. The van der Waals surface area contributed by atoms with Crippen molar-refractivity contribution in [3.8, 4) is 11.4 Å². The zero-order valence-corrected chi connectivity index (χ0v) is 17.3. The number of hydrogen-bond donors (Lipinski definition) is 2. The van der Waals surface area contributed by atoms with Gasteiger partial charge in [0, 0.05) is 29.8 Å². The summed E-state index contributed by atoms with van der Waals surface area (Å²) in [7, 11) is 1.26. The molecule has 0 fully saturated rings. The van der Waals surface area contributed by atoms with Crippen LogP contribution in [0.3, 0.4) is 0 Å². The molecule has 0 spiro atoms. The van der Waals surface area contributed by atoms with Crippen LogP contribution in [0, 0.1) is 6.92 Å². The first-order valence-corrected chi connectivity index (χ1v) is 9.70. The molecule has 3 rings (SSSR count). The number of aliphatic hydroxyl groups excluding tert-OH is 1. The lowest BCUT2D eigenvalue weighted by molar-refractivity contribution is -0.116. The summed E-state index contributed by atoms with van der Waals surface area (Å²) in [5.41, 5.74) is 1.63. The highest BCUT2D eigenvalue weighted by atomic mass is 16.5. The average Bonchev–Trinajstić information content (AvgIpc) is 2.78. The lowest BCUT2D eigenvalue weighted by atomic mass is 10.1. The first kappa shape index (κ1) is 21.9. The van der Waals surface area contributed by atoms with Crippen molar-refractivity contribution >= 4 is 17.6 Å². The number of aromatic nitrogens is 2. The van der Waals surface area contributed by atoms with Crippen LogP contribution in [-0.4, -0.2) is 40.3 Å². The van der Waals surface area contributed by atoms with Crippen molar-refractivity contribution in [2.45, 2.75) is 19.9 Å². The summed E-state index contributed by atoms with van der Waals surface area (Å²) in [6.07, 6.45) is 0.138. The van der Waals surface area contributed by atoms with Crippen molar-refractivity contribution in [3.63, 3.8) is 0 Å². The molecule has 0 atom stereocenters.